The van der Waals surface area contributed by atoms with Crippen LogP contribution in [0.3, 0.4) is 0 Å². The fourth-order valence-electron chi connectivity index (χ4n) is 3.00. The Labute approximate surface area is 125 Å². The maximum absolute atomic E-state index is 11.4. The van der Waals surface area contributed by atoms with Gasteiger partial charge in [-0.05, 0) is 28.7 Å². The van der Waals surface area contributed by atoms with Crippen molar-refractivity contribution >= 4 is 5.91 Å². The summed E-state index contributed by atoms with van der Waals surface area (Å²) < 4.78 is 0. The third kappa shape index (κ3) is 2.83. The zero-order valence-corrected chi connectivity index (χ0v) is 12.2. The number of benzene rings is 2. The van der Waals surface area contributed by atoms with Gasteiger partial charge in [0.05, 0.1) is 6.04 Å². The van der Waals surface area contributed by atoms with Crippen LogP contribution in [0.2, 0.25) is 0 Å². The van der Waals surface area contributed by atoms with Crippen molar-refractivity contribution in [3.05, 3.63) is 70.8 Å². The molecule has 2 N–H and O–H groups in total. The summed E-state index contributed by atoms with van der Waals surface area (Å²) in [6.45, 7) is 0.674. The zero-order chi connectivity index (χ0) is 14.7. The van der Waals surface area contributed by atoms with Crippen molar-refractivity contribution < 1.29 is 4.79 Å². The van der Waals surface area contributed by atoms with Gasteiger partial charge in [-0.25, -0.2) is 0 Å². The topological polar surface area (TPSA) is 41.1 Å². The molecule has 0 aromatic heterocycles. The number of fused-ring (bicyclic) bond motifs is 2. The maximum Gasteiger partial charge on any atom is 0.221 e. The number of carbonyl (C=O) groups excluding carboxylic acids is 1. The summed E-state index contributed by atoms with van der Waals surface area (Å²) >= 11 is 0. The average Bonchev–Trinajstić information content (AvgIpc) is 2.54. The Bertz CT molecular complexity index is 606. The highest BCUT2D eigenvalue weighted by molar-refractivity contribution is 5.75. The van der Waals surface area contributed by atoms with Gasteiger partial charge >= 0.3 is 0 Å². The first-order valence-electron chi connectivity index (χ1n) is 7.39. The van der Waals surface area contributed by atoms with Crippen molar-refractivity contribution in [1.29, 1.82) is 0 Å². The molecular formula is C18H20N2O. The Hall–Kier alpha value is -2.13. The Morgan fingerprint density at radius 2 is 1.62 bits per heavy atom. The second-order valence-corrected chi connectivity index (χ2v) is 5.38. The summed E-state index contributed by atoms with van der Waals surface area (Å²) in [6.07, 6.45) is 1.48. The summed E-state index contributed by atoms with van der Waals surface area (Å²) in [5.74, 6) is 0.0693. The zero-order valence-electron chi connectivity index (χ0n) is 12.2. The van der Waals surface area contributed by atoms with E-state index < -0.39 is 0 Å². The number of nitrogens with one attached hydrogen (secondary N) is 2. The van der Waals surface area contributed by atoms with Gasteiger partial charge in [0, 0.05) is 20.0 Å². The molecule has 0 radical (unpaired) electrons. The van der Waals surface area contributed by atoms with E-state index in [1.165, 1.54) is 22.3 Å². The van der Waals surface area contributed by atoms with Gasteiger partial charge in [-0.2, -0.15) is 0 Å². The molecule has 2 aromatic rings. The molecule has 0 saturated heterocycles. The van der Waals surface area contributed by atoms with Gasteiger partial charge in [0.2, 0.25) is 5.91 Å². The van der Waals surface area contributed by atoms with E-state index in [1.54, 1.807) is 7.05 Å². The fourth-order valence-corrected chi connectivity index (χ4v) is 3.00. The molecular weight excluding hydrogens is 260 g/mol. The number of rotatable bonds is 4. The van der Waals surface area contributed by atoms with Crippen LogP contribution >= 0.6 is 0 Å². The molecule has 108 valence electrons. The normalized spacial score (nSPS) is 13.4. The molecule has 3 rings (SSSR count). The van der Waals surface area contributed by atoms with Crippen LogP contribution in [-0.4, -0.2) is 19.5 Å². The first-order chi connectivity index (χ1) is 10.3. The minimum atomic E-state index is 0.0693. The minimum absolute atomic E-state index is 0.0693. The van der Waals surface area contributed by atoms with Crippen LogP contribution in [0.4, 0.5) is 0 Å². The SMILES string of the molecule is CNC(=O)CCNC1c2ccccc2Cc2ccccc21. The van der Waals surface area contributed by atoms with Crippen molar-refractivity contribution in [3.8, 4) is 0 Å². The first kappa shape index (κ1) is 13.8. The monoisotopic (exact) mass is 280 g/mol. The lowest BCUT2D eigenvalue weighted by Crippen LogP contribution is -2.31. The van der Waals surface area contributed by atoms with Crippen LogP contribution in [0.15, 0.2) is 48.5 Å². The molecule has 1 aliphatic rings. The molecule has 0 spiro atoms. The van der Waals surface area contributed by atoms with Gasteiger partial charge < -0.3 is 10.6 Å². The Morgan fingerprint density at radius 3 is 2.19 bits per heavy atom. The Kier molecular flexibility index (Phi) is 4.02. The van der Waals surface area contributed by atoms with Gasteiger partial charge in [0.25, 0.3) is 0 Å². The molecule has 1 aliphatic carbocycles. The largest absolute Gasteiger partial charge is 0.359 e. The van der Waals surface area contributed by atoms with Gasteiger partial charge in [0.1, 0.15) is 0 Å². The fraction of sp³-hybridized carbons (Fsp3) is 0.278. The molecule has 2 aromatic carbocycles. The van der Waals surface area contributed by atoms with E-state index in [9.17, 15) is 4.79 Å². The lowest BCUT2D eigenvalue weighted by Gasteiger charge is -2.29. The van der Waals surface area contributed by atoms with Crippen LogP contribution in [0, 0.1) is 0 Å². The van der Waals surface area contributed by atoms with Crippen LogP contribution in [0.1, 0.15) is 34.7 Å². The van der Waals surface area contributed by atoms with Crippen molar-refractivity contribution in [3.63, 3.8) is 0 Å². The quantitative estimate of drug-likeness (QED) is 0.903. The molecule has 21 heavy (non-hydrogen) atoms. The molecule has 0 aliphatic heterocycles. The summed E-state index contributed by atoms with van der Waals surface area (Å²) in [7, 11) is 1.67. The summed E-state index contributed by atoms with van der Waals surface area (Å²) in [4.78, 5) is 11.4. The molecule has 0 atom stereocenters. The molecule has 3 heteroatoms. The van der Waals surface area contributed by atoms with Gasteiger partial charge in [-0.1, -0.05) is 48.5 Å². The van der Waals surface area contributed by atoms with Crippen LogP contribution in [0.5, 0.6) is 0 Å². The van der Waals surface area contributed by atoms with Gasteiger partial charge in [-0.3, -0.25) is 4.79 Å². The number of hydrogen-bond donors (Lipinski definition) is 2. The van der Waals surface area contributed by atoms with Gasteiger partial charge in [-0.15, -0.1) is 0 Å². The van der Waals surface area contributed by atoms with Crippen molar-refractivity contribution in [1.82, 2.24) is 10.6 Å². The molecule has 0 saturated carbocycles. The number of carbonyl (C=O) groups is 1. The van der Waals surface area contributed by atoms with E-state index >= 15 is 0 Å². The van der Waals surface area contributed by atoms with E-state index in [0.29, 0.717) is 13.0 Å². The molecule has 3 nitrogen and oxygen atoms in total. The summed E-state index contributed by atoms with van der Waals surface area (Å²) in [5, 5.41) is 6.20. The third-order valence-electron chi connectivity index (χ3n) is 4.09. The maximum atomic E-state index is 11.4. The lowest BCUT2D eigenvalue weighted by atomic mass is 9.82. The van der Waals surface area contributed by atoms with Crippen LogP contribution < -0.4 is 10.6 Å². The van der Waals surface area contributed by atoms with Crippen LogP contribution in [0.25, 0.3) is 0 Å². The highest BCUT2D eigenvalue weighted by atomic mass is 16.1. The molecule has 0 fully saturated rings. The Balaban J connectivity index is 1.86. The Morgan fingerprint density at radius 1 is 1.05 bits per heavy atom. The summed E-state index contributed by atoms with van der Waals surface area (Å²) in [6, 6.07) is 17.3. The molecule has 0 unspecified atom stereocenters. The second kappa shape index (κ2) is 6.10. The van der Waals surface area contributed by atoms with Gasteiger partial charge in [0.15, 0.2) is 0 Å². The second-order valence-electron chi connectivity index (χ2n) is 5.38. The van der Waals surface area contributed by atoms with Crippen LogP contribution in [-0.2, 0) is 11.2 Å². The summed E-state index contributed by atoms with van der Waals surface area (Å²) in [5.41, 5.74) is 5.39. The molecule has 0 heterocycles. The minimum Gasteiger partial charge on any atom is -0.359 e. The predicted molar refractivity (Wildman–Crippen MR) is 84.2 cm³/mol. The number of hydrogen-bond acceptors (Lipinski definition) is 2. The smallest absolute Gasteiger partial charge is 0.221 e. The average molecular weight is 280 g/mol. The van der Waals surface area contributed by atoms with E-state index in [0.717, 1.165) is 6.42 Å². The molecule has 0 bridgehead atoms. The van der Waals surface area contributed by atoms with E-state index in [1.807, 2.05) is 0 Å². The number of amides is 1. The highest BCUT2D eigenvalue weighted by Gasteiger charge is 2.24. The van der Waals surface area contributed by atoms with E-state index in [-0.39, 0.29) is 11.9 Å². The lowest BCUT2D eigenvalue weighted by molar-refractivity contribution is -0.120. The van der Waals surface area contributed by atoms with E-state index in [2.05, 4.69) is 59.2 Å². The molecule has 1 amide bonds. The standard InChI is InChI=1S/C18H20N2O/c1-19-17(21)10-11-20-18-15-8-4-2-6-13(15)12-14-7-3-5-9-16(14)18/h2-9,18,20H,10-12H2,1H3,(H,19,21). The predicted octanol–water partition coefficient (Wildman–Crippen LogP) is 2.41. The third-order valence-corrected chi connectivity index (χ3v) is 4.09. The first-order valence-corrected chi connectivity index (χ1v) is 7.39. The van der Waals surface area contributed by atoms with Crippen molar-refractivity contribution in [2.75, 3.05) is 13.6 Å². The highest BCUT2D eigenvalue weighted by Crippen LogP contribution is 2.34. The van der Waals surface area contributed by atoms with E-state index in [4.69, 9.17) is 0 Å². The van der Waals surface area contributed by atoms with Crippen molar-refractivity contribution in [2.24, 2.45) is 0 Å². The van der Waals surface area contributed by atoms with Crippen molar-refractivity contribution in [2.45, 2.75) is 18.9 Å².